The highest BCUT2D eigenvalue weighted by atomic mass is 16.7. The van der Waals surface area contributed by atoms with Crippen LogP contribution in [-0.4, -0.2) is 30.7 Å². The van der Waals surface area contributed by atoms with Crippen LogP contribution in [-0.2, 0) is 22.7 Å². The normalized spacial score (nSPS) is 20.9. The maximum absolute atomic E-state index is 9.52. The molecule has 5 rings (SSSR count). The van der Waals surface area contributed by atoms with Crippen LogP contribution in [0.5, 0.6) is 11.5 Å². The third-order valence-corrected chi connectivity index (χ3v) is 7.41. The van der Waals surface area contributed by atoms with Crippen molar-refractivity contribution in [3.8, 4) is 11.5 Å². The van der Waals surface area contributed by atoms with Gasteiger partial charge in [-0.05, 0) is 53.9 Å². The molecule has 0 bridgehead atoms. The Morgan fingerprint density at radius 3 is 2.17 bits per heavy atom. The number of benzene rings is 3. The van der Waals surface area contributed by atoms with Gasteiger partial charge in [-0.2, -0.15) is 0 Å². The van der Waals surface area contributed by atoms with Gasteiger partial charge in [0.05, 0.1) is 13.2 Å². The summed E-state index contributed by atoms with van der Waals surface area (Å²) in [6.45, 7) is 2.51. The Morgan fingerprint density at radius 1 is 0.833 bits per heavy atom. The summed E-state index contributed by atoms with van der Waals surface area (Å²) in [6, 6.07) is 26.7. The van der Waals surface area contributed by atoms with E-state index >= 15 is 0 Å². The van der Waals surface area contributed by atoms with Crippen molar-refractivity contribution >= 4 is 0 Å². The number of ether oxygens (including phenoxy) is 4. The number of hydrogen-bond acceptors (Lipinski definition) is 5. The summed E-state index contributed by atoms with van der Waals surface area (Å²) in [5.74, 6) is 1.79. The first-order chi connectivity index (χ1) is 17.7. The molecule has 1 heterocycles. The fraction of sp³-hybridized carbons (Fsp3) is 0.419. The SMILES string of the molecule is OCCC[C@H]1CCC2(C[C@@H]1c1ccc(OCc3ccccc3)cc1OCc1ccccc1)OCCO2. The van der Waals surface area contributed by atoms with E-state index < -0.39 is 5.79 Å². The van der Waals surface area contributed by atoms with E-state index in [1.54, 1.807) is 0 Å². The first kappa shape index (κ1) is 24.8. The summed E-state index contributed by atoms with van der Waals surface area (Å²) in [6.07, 6.45) is 4.48. The predicted molar refractivity (Wildman–Crippen MR) is 139 cm³/mol. The van der Waals surface area contributed by atoms with Crippen LogP contribution >= 0.6 is 0 Å². The first-order valence-corrected chi connectivity index (χ1v) is 13.1. The average molecular weight is 489 g/mol. The van der Waals surface area contributed by atoms with Crippen molar-refractivity contribution in [2.24, 2.45) is 5.92 Å². The Labute approximate surface area is 214 Å². The van der Waals surface area contributed by atoms with Gasteiger partial charge in [0.2, 0.25) is 0 Å². The van der Waals surface area contributed by atoms with Crippen molar-refractivity contribution < 1.29 is 24.1 Å². The van der Waals surface area contributed by atoms with Gasteiger partial charge in [0, 0.05) is 25.5 Å². The minimum absolute atomic E-state index is 0.213. The van der Waals surface area contributed by atoms with Crippen LogP contribution in [0.4, 0.5) is 0 Å². The molecule has 2 aliphatic rings. The molecule has 1 saturated heterocycles. The molecule has 190 valence electrons. The van der Waals surface area contributed by atoms with Gasteiger partial charge in [0.25, 0.3) is 0 Å². The lowest BCUT2D eigenvalue weighted by Crippen LogP contribution is -2.39. The first-order valence-electron chi connectivity index (χ1n) is 13.1. The van der Waals surface area contributed by atoms with E-state index in [0.717, 1.165) is 54.7 Å². The molecule has 5 nitrogen and oxygen atoms in total. The maximum Gasteiger partial charge on any atom is 0.169 e. The Bertz CT molecular complexity index is 1080. The van der Waals surface area contributed by atoms with Gasteiger partial charge in [-0.25, -0.2) is 0 Å². The zero-order valence-corrected chi connectivity index (χ0v) is 20.8. The van der Waals surface area contributed by atoms with E-state index in [-0.39, 0.29) is 12.5 Å². The molecule has 5 heteroatoms. The molecular formula is C31H36O5. The number of aliphatic hydroxyl groups excluding tert-OH is 1. The lowest BCUT2D eigenvalue weighted by molar-refractivity contribution is -0.187. The second-order valence-electron chi connectivity index (χ2n) is 9.83. The molecule has 0 aromatic heterocycles. The molecule has 36 heavy (non-hydrogen) atoms. The molecule has 2 atom stereocenters. The average Bonchev–Trinajstić information content (AvgIpc) is 3.39. The van der Waals surface area contributed by atoms with E-state index in [9.17, 15) is 5.11 Å². The van der Waals surface area contributed by atoms with E-state index in [0.29, 0.717) is 32.3 Å². The van der Waals surface area contributed by atoms with Crippen LogP contribution in [0.1, 0.15) is 54.7 Å². The van der Waals surface area contributed by atoms with Crippen LogP contribution < -0.4 is 9.47 Å². The Morgan fingerprint density at radius 2 is 1.50 bits per heavy atom. The molecule has 0 unspecified atom stereocenters. The van der Waals surface area contributed by atoms with Gasteiger partial charge in [0.15, 0.2) is 5.79 Å². The van der Waals surface area contributed by atoms with Gasteiger partial charge in [-0.3, -0.25) is 0 Å². The molecule has 1 N–H and O–H groups in total. The molecule has 1 aliphatic heterocycles. The number of aliphatic hydroxyl groups is 1. The lowest BCUT2D eigenvalue weighted by atomic mass is 9.71. The van der Waals surface area contributed by atoms with E-state index in [2.05, 4.69) is 30.3 Å². The molecule has 1 saturated carbocycles. The fourth-order valence-electron chi connectivity index (χ4n) is 5.54. The molecule has 0 radical (unpaired) electrons. The third kappa shape index (κ3) is 6.09. The molecular weight excluding hydrogens is 452 g/mol. The summed E-state index contributed by atoms with van der Waals surface area (Å²) in [7, 11) is 0. The van der Waals surface area contributed by atoms with E-state index in [1.807, 2.05) is 48.5 Å². The zero-order chi connectivity index (χ0) is 24.6. The summed E-state index contributed by atoms with van der Waals surface area (Å²) in [5, 5.41) is 9.52. The highest BCUT2D eigenvalue weighted by Gasteiger charge is 2.46. The molecule has 2 fully saturated rings. The molecule has 3 aromatic carbocycles. The van der Waals surface area contributed by atoms with Crippen molar-refractivity contribution in [3.05, 3.63) is 95.6 Å². The van der Waals surface area contributed by atoms with Crippen LogP contribution in [0.15, 0.2) is 78.9 Å². The second kappa shape index (κ2) is 11.9. The van der Waals surface area contributed by atoms with Gasteiger partial charge in [-0.1, -0.05) is 66.7 Å². The van der Waals surface area contributed by atoms with E-state index in [1.165, 1.54) is 5.56 Å². The number of rotatable bonds is 10. The predicted octanol–water partition coefficient (Wildman–Crippen LogP) is 6.24. The largest absolute Gasteiger partial charge is 0.489 e. The summed E-state index contributed by atoms with van der Waals surface area (Å²) in [4.78, 5) is 0. The smallest absolute Gasteiger partial charge is 0.169 e. The van der Waals surface area contributed by atoms with Crippen LogP contribution in [0.3, 0.4) is 0 Å². The molecule has 1 spiro atoms. The zero-order valence-electron chi connectivity index (χ0n) is 20.8. The highest BCUT2D eigenvalue weighted by molar-refractivity contribution is 5.44. The molecule has 1 aliphatic carbocycles. The van der Waals surface area contributed by atoms with Gasteiger partial charge < -0.3 is 24.1 Å². The fourth-order valence-corrected chi connectivity index (χ4v) is 5.54. The summed E-state index contributed by atoms with van der Waals surface area (Å²) >= 11 is 0. The van der Waals surface area contributed by atoms with Crippen LogP contribution in [0.25, 0.3) is 0 Å². The Kier molecular flexibility index (Phi) is 8.22. The van der Waals surface area contributed by atoms with Crippen molar-refractivity contribution in [2.45, 2.75) is 57.0 Å². The quantitative estimate of drug-likeness (QED) is 0.366. The Hall–Kier alpha value is -2.86. The minimum Gasteiger partial charge on any atom is -0.489 e. The maximum atomic E-state index is 9.52. The third-order valence-electron chi connectivity index (χ3n) is 7.41. The molecule has 3 aromatic rings. The number of hydrogen-bond donors (Lipinski definition) is 1. The molecule has 0 amide bonds. The van der Waals surface area contributed by atoms with Gasteiger partial charge in [-0.15, -0.1) is 0 Å². The van der Waals surface area contributed by atoms with E-state index in [4.69, 9.17) is 18.9 Å². The lowest BCUT2D eigenvalue weighted by Gasteiger charge is -2.42. The highest BCUT2D eigenvalue weighted by Crippen LogP contribution is 2.50. The van der Waals surface area contributed by atoms with Crippen molar-refractivity contribution in [2.75, 3.05) is 19.8 Å². The Balaban J connectivity index is 1.42. The topological polar surface area (TPSA) is 57.2 Å². The van der Waals surface area contributed by atoms with Crippen molar-refractivity contribution in [3.63, 3.8) is 0 Å². The van der Waals surface area contributed by atoms with Gasteiger partial charge >= 0.3 is 0 Å². The summed E-state index contributed by atoms with van der Waals surface area (Å²) < 4.78 is 24.9. The second-order valence-corrected chi connectivity index (χ2v) is 9.83. The van der Waals surface area contributed by atoms with Crippen molar-refractivity contribution in [1.29, 1.82) is 0 Å². The minimum atomic E-state index is -0.500. The summed E-state index contributed by atoms with van der Waals surface area (Å²) in [5.41, 5.74) is 3.42. The van der Waals surface area contributed by atoms with Crippen LogP contribution in [0.2, 0.25) is 0 Å². The van der Waals surface area contributed by atoms with Crippen LogP contribution in [0, 0.1) is 5.92 Å². The standard InChI is InChI=1S/C31H36O5/c32-17-7-12-26-15-16-31(35-18-19-36-31)21-29(26)28-14-13-27(33-22-24-8-3-1-4-9-24)20-30(28)34-23-25-10-5-2-6-11-25/h1-6,8-11,13-14,20,26,29,32H,7,12,15-19,21-23H2/t26-,29-/m0/s1. The van der Waals surface area contributed by atoms with Gasteiger partial charge in [0.1, 0.15) is 24.7 Å². The van der Waals surface area contributed by atoms with Crippen molar-refractivity contribution in [1.82, 2.24) is 0 Å². The monoisotopic (exact) mass is 488 g/mol.